The summed E-state index contributed by atoms with van der Waals surface area (Å²) in [6.45, 7) is 7.45. The largest absolute Gasteiger partial charge is 0.497 e. The molecule has 1 spiro atoms. The first-order valence-electron chi connectivity index (χ1n) is 12.0. The number of hydrogen-bond donors (Lipinski definition) is 1. The molecular formula is C28H32N4O2. The van der Waals surface area contributed by atoms with E-state index >= 15 is 0 Å². The molecule has 1 fully saturated rings. The van der Waals surface area contributed by atoms with E-state index in [0.29, 0.717) is 5.82 Å². The van der Waals surface area contributed by atoms with Crippen LogP contribution in [-0.2, 0) is 4.79 Å². The third-order valence-corrected chi connectivity index (χ3v) is 7.84. The van der Waals surface area contributed by atoms with Crippen molar-refractivity contribution in [2.45, 2.75) is 39.0 Å². The highest BCUT2D eigenvalue weighted by molar-refractivity contribution is 5.97. The standard InChI is InChI=1S/C28H32N4O2/c1-4-23(33)31-16-13-28(14-17-31)11-9-21(10-12-28)24-19(2)32-18-15-30-27(29)26(32)25(24)20-5-7-22(34-3)8-6-20/h4-9,15,18H,1,10-14,16-17H2,2-3H3,(H2,29,30). The van der Waals surface area contributed by atoms with Gasteiger partial charge in [0.25, 0.3) is 0 Å². The van der Waals surface area contributed by atoms with Crippen molar-refractivity contribution in [1.29, 1.82) is 0 Å². The number of fused-ring (bicyclic) bond motifs is 1. The van der Waals surface area contributed by atoms with Crippen molar-refractivity contribution in [1.82, 2.24) is 14.3 Å². The molecule has 2 aliphatic rings. The second kappa shape index (κ2) is 8.67. The first-order valence-corrected chi connectivity index (χ1v) is 12.0. The van der Waals surface area contributed by atoms with Gasteiger partial charge >= 0.3 is 0 Å². The minimum atomic E-state index is 0.0494. The van der Waals surface area contributed by atoms with E-state index in [2.05, 4.69) is 41.1 Å². The number of rotatable bonds is 4. The van der Waals surface area contributed by atoms with Gasteiger partial charge in [0.1, 0.15) is 11.6 Å². The number of nitrogen functional groups attached to an aromatic ring is 1. The lowest BCUT2D eigenvalue weighted by Gasteiger charge is -2.43. The van der Waals surface area contributed by atoms with E-state index in [9.17, 15) is 4.79 Å². The molecule has 1 amide bonds. The van der Waals surface area contributed by atoms with Gasteiger partial charge in [0.2, 0.25) is 5.91 Å². The van der Waals surface area contributed by atoms with Gasteiger partial charge in [-0.3, -0.25) is 4.79 Å². The molecule has 176 valence electrons. The van der Waals surface area contributed by atoms with Crippen molar-refractivity contribution in [3.8, 4) is 16.9 Å². The van der Waals surface area contributed by atoms with Crippen molar-refractivity contribution in [3.05, 3.63) is 66.6 Å². The lowest BCUT2D eigenvalue weighted by Crippen LogP contribution is -2.43. The Morgan fingerprint density at radius 3 is 2.53 bits per heavy atom. The molecule has 1 aromatic carbocycles. The minimum Gasteiger partial charge on any atom is -0.497 e. The molecule has 2 aromatic heterocycles. The van der Waals surface area contributed by atoms with Crippen LogP contribution in [0.25, 0.3) is 22.2 Å². The van der Waals surface area contributed by atoms with Crippen LogP contribution < -0.4 is 10.5 Å². The van der Waals surface area contributed by atoms with Gasteiger partial charge in [0.05, 0.1) is 12.6 Å². The van der Waals surface area contributed by atoms with E-state index in [4.69, 9.17) is 10.5 Å². The fourth-order valence-electron chi connectivity index (χ4n) is 5.77. The van der Waals surface area contributed by atoms with E-state index in [-0.39, 0.29) is 11.3 Å². The number of aromatic nitrogens is 2. The maximum atomic E-state index is 12.0. The molecule has 3 heterocycles. The van der Waals surface area contributed by atoms with Crippen LogP contribution in [0.2, 0.25) is 0 Å². The quantitative estimate of drug-likeness (QED) is 0.544. The lowest BCUT2D eigenvalue weighted by molar-refractivity contribution is -0.128. The number of carbonyl (C=O) groups is 1. The van der Waals surface area contributed by atoms with E-state index in [1.54, 1.807) is 13.3 Å². The summed E-state index contributed by atoms with van der Waals surface area (Å²) in [5.41, 5.74) is 13.7. The van der Waals surface area contributed by atoms with E-state index in [0.717, 1.165) is 67.6 Å². The summed E-state index contributed by atoms with van der Waals surface area (Å²) < 4.78 is 7.55. The maximum absolute atomic E-state index is 12.0. The van der Waals surface area contributed by atoms with E-state index in [1.807, 2.05) is 23.2 Å². The number of carbonyl (C=O) groups excluding carboxylic acids is 1. The molecule has 0 radical (unpaired) electrons. The van der Waals surface area contributed by atoms with Crippen LogP contribution >= 0.6 is 0 Å². The smallest absolute Gasteiger partial charge is 0.245 e. The number of piperidine rings is 1. The van der Waals surface area contributed by atoms with Gasteiger partial charge in [0, 0.05) is 42.3 Å². The third kappa shape index (κ3) is 3.67. The van der Waals surface area contributed by atoms with Crippen molar-refractivity contribution < 1.29 is 9.53 Å². The summed E-state index contributed by atoms with van der Waals surface area (Å²) in [6, 6.07) is 8.18. The number of benzene rings is 1. The summed E-state index contributed by atoms with van der Waals surface area (Å²) >= 11 is 0. The number of amides is 1. The number of hydrogen-bond acceptors (Lipinski definition) is 4. The number of ether oxygens (including phenoxy) is 1. The molecule has 3 aromatic rings. The Balaban J connectivity index is 1.53. The first kappa shape index (κ1) is 22.3. The van der Waals surface area contributed by atoms with Crippen LogP contribution in [0.4, 0.5) is 5.82 Å². The molecule has 2 N–H and O–H groups in total. The average Bonchev–Trinajstić information content (AvgIpc) is 3.18. The van der Waals surface area contributed by atoms with Gasteiger partial charge in [-0.15, -0.1) is 0 Å². The third-order valence-electron chi connectivity index (χ3n) is 7.84. The molecule has 1 aliphatic carbocycles. The number of methoxy groups -OCH3 is 1. The average molecular weight is 457 g/mol. The maximum Gasteiger partial charge on any atom is 0.245 e. The molecule has 1 saturated heterocycles. The SMILES string of the molecule is C=CC(=O)N1CCC2(CC=C(c3c(-c4ccc(OC)cc4)c4c(N)nccn4c3C)CC2)CC1. The predicted molar refractivity (Wildman–Crippen MR) is 137 cm³/mol. The summed E-state index contributed by atoms with van der Waals surface area (Å²) in [6.07, 6.45) is 12.9. The van der Waals surface area contributed by atoms with Gasteiger partial charge in [-0.25, -0.2) is 4.98 Å². The summed E-state index contributed by atoms with van der Waals surface area (Å²) in [5, 5.41) is 0. The van der Waals surface area contributed by atoms with Crippen molar-refractivity contribution >= 4 is 22.8 Å². The summed E-state index contributed by atoms with van der Waals surface area (Å²) in [7, 11) is 1.68. The molecule has 6 heteroatoms. The van der Waals surface area contributed by atoms with E-state index < -0.39 is 0 Å². The van der Waals surface area contributed by atoms with Gasteiger partial charge < -0.3 is 19.8 Å². The zero-order chi connectivity index (χ0) is 23.9. The Morgan fingerprint density at radius 2 is 1.91 bits per heavy atom. The number of nitrogens with zero attached hydrogens (tertiary/aromatic N) is 3. The van der Waals surface area contributed by atoms with Crippen LogP contribution in [0, 0.1) is 12.3 Å². The van der Waals surface area contributed by atoms with Crippen LogP contribution in [-0.4, -0.2) is 40.4 Å². The highest BCUT2D eigenvalue weighted by Gasteiger charge is 2.37. The molecule has 0 saturated carbocycles. The van der Waals surface area contributed by atoms with Crippen molar-refractivity contribution in [2.75, 3.05) is 25.9 Å². The molecule has 0 atom stereocenters. The molecule has 6 nitrogen and oxygen atoms in total. The monoisotopic (exact) mass is 456 g/mol. The molecule has 0 bridgehead atoms. The fraction of sp³-hybridized carbons (Fsp3) is 0.357. The molecule has 1 aliphatic heterocycles. The number of anilines is 1. The molecule has 0 unspecified atom stereocenters. The zero-order valence-corrected chi connectivity index (χ0v) is 20.0. The lowest BCUT2D eigenvalue weighted by atomic mass is 9.68. The topological polar surface area (TPSA) is 72.9 Å². The van der Waals surface area contributed by atoms with Gasteiger partial charge in [-0.2, -0.15) is 0 Å². The van der Waals surface area contributed by atoms with Gasteiger partial charge in [-0.05, 0) is 73.8 Å². The molecule has 34 heavy (non-hydrogen) atoms. The van der Waals surface area contributed by atoms with Crippen LogP contribution in [0.3, 0.4) is 0 Å². The molecular weight excluding hydrogens is 424 g/mol. The Labute approximate surface area is 200 Å². The van der Waals surface area contributed by atoms with E-state index in [1.165, 1.54) is 22.9 Å². The Bertz CT molecular complexity index is 1280. The van der Waals surface area contributed by atoms with Crippen LogP contribution in [0.1, 0.15) is 43.4 Å². The van der Waals surface area contributed by atoms with Gasteiger partial charge in [0.15, 0.2) is 0 Å². The fourth-order valence-corrected chi connectivity index (χ4v) is 5.77. The van der Waals surface area contributed by atoms with Crippen molar-refractivity contribution in [3.63, 3.8) is 0 Å². The normalized spacial score (nSPS) is 17.6. The first-order chi connectivity index (χ1) is 16.5. The number of allylic oxidation sites excluding steroid dienone is 2. The highest BCUT2D eigenvalue weighted by Crippen LogP contribution is 2.49. The molecule has 5 rings (SSSR count). The minimum absolute atomic E-state index is 0.0494. The Kier molecular flexibility index (Phi) is 5.68. The number of nitrogens with two attached hydrogens (primary N) is 1. The zero-order valence-electron chi connectivity index (χ0n) is 20.0. The van der Waals surface area contributed by atoms with Crippen LogP contribution in [0.5, 0.6) is 5.75 Å². The predicted octanol–water partition coefficient (Wildman–Crippen LogP) is 5.26. The summed E-state index contributed by atoms with van der Waals surface area (Å²) in [5.74, 6) is 1.42. The number of aryl methyl sites for hydroxylation is 1. The highest BCUT2D eigenvalue weighted by atomic mass is 16.5. The Hall–Kier alpha value is -3.54. The second-order valence-electron chi connectivity index (χ2n) is 9.56. The Morgan fingerprint density at radius 1 is 1.18 bits per heavy atom. The number of likely N-dealkylation sites (tertiary alicyclic amines) is 1. The second-order valence-corrected chi connectivity index (χ2v) is 9.56. The van der Waals surface area contributed by atoms with Crippen LogP contribution in [0.15, 0.2) is 55.4 Å². The summed E-state index contributed by atoms with van der Waals surface area (Å²) in [4.78, 5) is 18.3. The van der Waals surface area contributed by atoms with Crippen molar-refractivity contribution in [2.24, 2.45) is 5.41 Å². The van der Waals surface area contributed by atoms with Gasteiger partial charge in [-0.1, -0.05) is 24.8 Å².